The second-order valence-electron chi connectivity index (χ2n) is 7.64. The van der Waals surface area contributed by atoms with Gasteiger partial charge in [0.15, 0.2) is 12.2 Å². The molecule has 0 spiro atoms. The Morgan fingerprint density at radius 2 is 2.03 bits per heavy atom. The molecule has 0 aromatic carbocycles. The van der Waals surface area contributed by atoms with Crippen LogP contribution in [0.15, 0.2) is 4.99 Å². The largest absolute Gasteiger partial charge is 0.391 e. The summed E-state index contributed by atoms with van der Waals surface area (Å²) >= 11 is 0. The summed E-state index contributed by atoms with van der Waals surface area (Å²) in [5.41, 5.74) is 22.6. The third kappa shape index (κ3) is 5.75. The molecule has 0 aromatic rings. The van der Waals surface area contributed by atoms with Crippen molar-refractivity contribution in [2.45, 2.75) is 68.1 Å². The van der Waals surface area contributed by atoms with Gasteiger partial charge in [0.05, 0.1) is 24.8 Å². The van der Waals surface area contributed by atoms with Crippen molar-refractivity contribution < 1.29 is 24.5 Å². The lowest BCUT2D eigenvalue weighted by atomic mass is 9.83. The zero-order chi connectivity index (χ0) is 21.7. The van der Waals surface area contributed by atoms with Crippen LogP contribution in [0.4, 0.5) is 0 Å². The number of hydrogen-bond acceptors (Lipinski definition) is 9. The molecule has 0 aromatic heterocycles. The molecule has 1 aliphatic carbocycles. The summed E-state index contributed by atoms with van der Waals surface area (Å²) in [5, 5.41) is 24.4. The van der Waals surface area contributed by atoms with Crippen molar-refractivity contribution in [1.29, 1.82) is 0 Å². The Kier molecular flexibility index (Phi) is 8.58. The molecule has 168 valence electrons. The van der Waals surface area contributed by atoms with Gasteiger partial charge in [-0.1, -0.05) is 0 Å². The minimum Gasteiger partial charge on any atom is -0.391 e. The molecule has 0 bridgehead atoms. The summed E-state index contributed by atoms with van der Waals surface area (Å²) < 4.78 is 12.1. The topological polar surface area (TPSA) is 208 Å². The predicted octanol–water partition coefficient (Wildman–Crippen LogP) is -4.02. The quantitative estimate of drug-likeness (QED) is 0.158. The summed E-state index contributed by atoms with van der Waals surface area (Å²) in [6, 6.07) is -2.04. The zero-order valence-corrected chi connectivity index (χ0v) is 17.0. The van der Waals surface area contributed by atoms with Gasteiger partial charge < -0.3 is 52.8 Å². The Hall–Kier alpha value is -1.54. The number of hydrogen-bond donors (Lipinski definition) is 7. The van der Waals surface area contributed by atoms with Gasteiger partial charge in [-0.2, -0.15) is 0 Å². The molecule has 2 fully saturated rings. The van der Waals surface area contributed by atoms with Crippen molar-refractivity contribution in [3.8, 4) is 0 Å². The Balaban J connectivity index is 2.20. The van der Waals surface area contributed by atoms with E-state index in [1.165, 1.54) is 11.9 Å². The molecule has 1 saturated heterocycles. The maximum absolute atomic E-state index is 12.0. The number of carbonyl (C=O) groups excluding carboxylic acids is 1. The number of aliphatic hydroxyl groups excluding tert-OH is 2. The van der Waals surface area contributed by atoms with Crippen molar-refractivity contribution >= 4 is 11.9 Å². The SMILES string of the molecule is CNC[C@@H]1CC[C@@H](N=C(N)N)[C@@H](O[C@H]2[C@H](O)[C@H](N(C)C(=O)CN)[C@@H](O)C[C@H]2N)O1. The number of aliphatic imine (C=N–C) groups is 1. The van der Waals surface area contributed by atoms with Crippen LogP contribution in [0.3, 0.4) is 0 Å². The van der Waals surface area contributed by atoms with Gasteiger partial charge in [-0.15, -0.1) is 0 Å². The van der Waals surface area contributed by atoms with E-state index in [2.05, 4.69) is 10.3 Å². The standard InChI is InChI=1S/C17H35N7O5/c1-22-7-8-3-4-10(23-17(20)21)16(28-8)29-15-9(19)5-11(25)13(14(15)27)24(2)12(26)6-18/h8-11,13-16,22,25,27H,3-7,18-19H2,1-2H3,(H4,20,21,23)/t8-,9+,10+,11-,13+,14+,15+,16+/m0/s1. The van der Waals surface area contributed by atoms with E-state index in [0.29, 0.717) is 13.0 Å². The van der Waals surface area contributed by atoms with Gasteiger partial charge in [0.25, 0.3) is 0 Å². The Morgan fingerprint density at radius 3 is 2.62 bits per heavy atom. The van der Waals surface area contributed by atoms with Gasteiger partial charge in [0.1, 0.15) is 18.2 Å². The van der Waals surface area contributed by atoms with Crippen molar-refractivity contribution in [2.75, 3.05) is 27.2 Å². The van der Waals surface area contributed by atoms with Gasteiger partial charge in [-0.3, -0.25) is 4.79 Å². The molecule has 0 unspecified atom stereocenters. The summed E-state index contributed by atoms with van der Waals surface area (Å²) in [4.78, 5) is 17.4. The van der Waals surface area contributed by atoms with Crippen LogP contribution >= 0.6 is 0 Å². The molecule has 2 rings (SSSR count). The normalized spacial score (nSPS) is 37.7. The first kappa shape index (κ1) is 23.7. The smallest absolute Gasteiger partial charge is 0.236 e. The van der Waals surface area contributed by atoms with Gasteiger partial charge in [-0.25, -0.2) is 4.99 Å². The summed E-state index contributed by atoms with van der Waals surface area (Å²) in [6.45, 7) is 0.372. The van der Waals surface area contributed by atoms with Gasteiger partial charge in [0, 0.05) is 19.6 Å². The maximum Gasteiger partial charge on any atom is 0.236 e. The predicted molar refractivity (Wildman–Crippen MR) is 107 cm³/mol. The van der Waals surface area contributed by atoms with Crippen LogP contribution in [0.5, 0.6) is 0 Å². The number of nitrogens with two attached hydrogens (primary N) is 4. The average Bonchev–Trinajstić information content (AvgIpc) is 2.65. The summed E-state index contributed by atoms with van der Waals surface area (Å²) in [6.07, 6.45) is -2.61. The van der Waals surface area contributed by atoms with E-state index in [-0.39, 0.29) is 25.0 Å². The van der Waals surface area contributed by atoms with Crippen LogP contribution in [0.2, 0.25) is 0 Å². The first-order chi connectivity index (χ1) is 13.7. The third-order valence-electron chi connectivity index (χ3n) is 5.49. The highest BCUT2D eigenvalue weighted by atomic mass is 16.7. The molecular weight excluding hydrogens is 382 g/mol. The highest BCUT2D eigenvalue weighted by molar-refractivity contribution is 5.78. The van der Waals surface area contributed by atoms with Crippen LogP contribution in [-0.2, 0) is 14.3 Å². The molecular formula is C17H35N7O5. The molecule has 29 heavy (non-hydrogen) atoms. The minimum absolute atomic E-state index is 0.0886. The number of ether oxygens (including phenoxy) is 2. The lowest BCUT2D eigenvalue weighted by Gasteiger charge is -2.47. The second kappa shape index (κ2) is 10.5. The third-order valence-corrected chi connectivity index (χ3v) is 5.49. The number of aliphatic hydroxyl groups is 2. The Bertz CT molecular complexity index is 576. The number of carbonyl (C=O) groups is 1. The van der Waals surface area contributed by atoms with Crippen LogP contribution in [0, 0.1) is 0 Å². The van der Waals surface area contributed by atoms with E-state index in [1.807, 2.05) is 7.05 Å². The van der Waals surface area contributed by atoms with E-state index in [1.54, 1.807) is 0 Å². The number of nitrogens with zero attached hydrogens (tertiary/aromatic N) is 2. The summed E-state index contributed by atoms with van der Waals surface area (Å²) in [5.74, 6) is -0.502. The van der Waals surface area contributed by atoms with E-state index in [9.17, 15) is 15.0 Å². The number of amides is 1. The van der Waals surface area contributed by atoms with Crippen molar-refractivity contribution in [2.24, 2.45) is 27.9 Å². The van der Waals surface area contributed by atoms with Crippen molar-refractivity contribution in [3.05, 3.63) is 0 Å². The average molecular weight is 418 g/mol. The van der Waals surface area contributed by atoms with Gasteiger partial charge in [-0.05, 0) is 26.3 Å². The number of likely N-dealkylation sites (N-methyl/N-ethyl adjacent to an activating group) is 2. The molecule has 1 saturated carbocycles. The van der Waals surface area contributed by atoms with E-state index < -0.39 is 48.6 Å². The molecule has 0 radical (unpaired) electrons. The lowest BCUT2D eigenvalue weighted by Crippen LogP contribution is -2.66. The van der Waals surface area contributed by atoms with Crippen molar-refractivity contribution in [1.82, 2.24) is 10.2 Å². The van der Waals surface area contributed by atoms with E-state index in [4.69, 9.17) is 32.4 Å². The molecule has 1 heterocycles. The molecule has 8 atom stereocenters. The zero-order valence-electron chi connectivity index (χ0n) is 17.0. The molecule has 1 aliphatic heterocycles. The Labute approximate surface area is 170 Å². The highest BCUT2D eigenvalue weighted by Crippen LogP contribution is 2.30. The van der Waals surface area contributed by atoms with Crippen LogP contribution < -0.4 is 28.3 Å². The number of nitrogens with one attached hydrogen (secondary N) is 1. The molecule has 1 amide bonds. The second-order valence-corrected chi connectivity index (χ2v) is 7.64. The van der Waals surface area contributed by atoms with Crippen molar-refractivity contribution in [3.63, 3.8) is 0 Å². The van der Waals surface area contributed by atoms with Gasteiger partial charge in [0.2, 0.25) is 5.91 Å². The summed E-state index contributed by atoms with van der Waals surface area (Å²) in [7, 11) is 3.29. The number of rotatable bonds is 7. The Morgan fingerprint density at radius 1 is 1.34 bits per heavy atom. The van der Waals surface area contributed by atoms with Gasteiger partial charge >= 0.3 is 0 Å². The molecule has 12 nitrogen and oxygen atoms in total. The first-order valence-corrected chi connectivity index (χ1v) is 9.81. The number of guanidine groups is 1. The lowest BCUT2D eigenvalue weighted by molar-refractivity contribution is -0.253. The van der Waals surface area contributed by atoms with Crippen LogP contribution in [-0.4, -0.2) is 103 Å². The fourth-order valence-electron chi connectivity index (χ4n) is 4.02. The molecule has 11 N–H and O–H groups in total. The maximum atomic E-state index is 12.0. The van der Waals surface area contributed by atoms with E-state index >= 15 is 0 Å². The fourth-order valence-corrected chi connectivity index (χ4v) is 4.02. The first-order valence-electron chi connectivity index (χ1n) is 9.81. The van der Waals surface area contributed by atoms with Crippen LogP contribution in [0.1, 0.15) is 19.3 Å². The fraction of sp³-hybridized carbons (Fsp3) is 0.882. The molecule has 12 heteroatoms. The van der Waals surface area contributed by atoms with E-state index in [0.717, 1.165) is 6.42 Å². The van der Waals surface area contributed by atoms with Crippen LogP contribution in [0.25, 0.3) is 0 Å². The minimum atomic E-state index is -1.25. The monoisotopic (exact) mass is 417 g/mol. The highest BCUT2D eigenvalue weighted by Gasteiger charge is 2.48. The molecule has 2 aliphatic rings.